The van der Waals surface area contributed by atoms with Gasteiger partial charge < -0.3 is 10.3 Å². The van der Waals surface area contributed by atoms with Gasteiger partial charge in [-0.05, 0) is 48.7 Å². The van der Waals surface area contributed by atoms with Gasteiger partial charge in [-0.2, -0.15) is 0 Å². The second kappa shape index (κ2) is 4.66. The van der Waals surface area contributed by atoms with E-state index in [2.05, 4.69) is 15.3 Å². The summed E-state index contributed by atoms with van der Waals surface area (Å²) in [5.74, 6) is -0.331. The second-order valence-corrected chi connectivity index (χ2v) is 5.68. The van der Waals surface area contributed by atoms with Gasteiger partial charge in [0.15, 0.2) is 0 Å². The van der Waals surface area contributed by atoms with Crippen molar-refractivity contribution in [3.05, 3.63) is 60.2 Å². The highest BCUT2D eigenvalue weighted by Crippen LogP contribution is 2.49. The molecule has 1 amide bonds. The molecule has 4 nitrogen and oxygen atoms in total. The number of hydrogen-bond acceptors (Lipinski definition) is 2. The van der Waals surface area contributed by atoms with E-state index in [1.807, 2.05) is 18.2 Å². The molecule has 1 heterocycles. The van der Waals surface area contributed by atoms with Crippen LogP contribution in [0.4, 0.5) is 10.1 Å². The molecule has 1 fully saturated rings. The van der Waals surface area contributed by atoms with Gasteiger partial charge in [0.1, 0.15) is 5.82 Å². The Morgan fingerprint density at radius 3 is 2.68 bits per heavy atom. The van der Waals surface area contributed by atoms with Crippen molar-refractivity contribution in [2.24, 2.45) is 0 Å². The molecule has 0 aliphatic heterocycles. The lowest BCUT2D eigenvalue weighted by molar-refractivity contribution is -0.118. The van der Waals surface area contributed by atoms with Gasteiger partial charge in [0.05, 0.1) is 22.8 Å². The molecule has 4 rings (SSSR count). The molecule has 1 aromatic heterocycles. The van der Waals surface area contributed by atoms with Gasteiger partial charge in [-0.25, -0.2) is 9.37 Å². The molecule has 3 aromatic rings. The molecule has 2 N–H and O–H groups in total. The first-order chi connectivity index (χ1) is 10.7. The third kappa shape index (κ3) is 2.06. The van der Waals surface area contributed by atoms with Gasteiger partial charge in [0, 0.05) is 5.69 Å². The summed E-state index contributed by atoms with van der Waals surface area (Å²) in [5, 5.41) is 2.96. The van der Waals surface area contributed by atoms with Gasteiger partial charge in [0.2, 0.25) is 5.91 Å². The van der Waals surface area contributed by atoms with Crippen LogP contribution in [-0.4, -0.2) is 15.9 Å². The number of nitrogens with one attached hydrogen (secondary N) is 2. The topological polar surface area (TPSA) is 57.8 Å². The molecule has 0 radical (unpaired) electrons. The minimum Gasteiger partial charge on any atom is -0.345 e. The zero-order chi connectivity index (χ0) is 15.2. The van der Waals surface area contributed by atoms with Crippen LogP contribution in [0.2, 0.25) is 0 Å². The number of amides is 1. The molecule has 1 aliphatic carbocycles. The highest BCUT2D eigenvalue weighted by atomic mass is 19.1. The Morgan fingerprint density at radius 1 is 1.18 bits per heavy atom. The Kier molecular flexibility index (Phi) is 2.76. The molecule has 0 spiro atoms. The Hall–Kier alpha value is -2.69. The molecule has 0 bridgehead atoms. The van der Waals surface area contributed by atoms with Crippen LogP contribution in [0.1, 0.15) is 18.4 Å². The zero-order valence-corrected chi connectivity index (χ0v) is 11.8. The van der Waals surface area contributed by atoms with E-state index in [1.165, 1.54) is 12.1 Å². The predicted molar refractivity (Wildman–Crippen MR) is 82.0 cm³/mol. The first-order valence-corrected chi connectivity index (χ1v) is 7.18. The van der Waals surface area contributed by atoms with Crippen LogP contribution >= 0.6 is 0 Å². The Balaban J connectivity index is 1.59. The summed E-state index contributed by atoms with van der Waals surface area (Å²) in [4.78, 5) is 19.8. The molecular formula is C17H14FN3O. The summed E-state index contributed by atoms with van der Waals surface area (Å²) < 4.78 is 13.1. The van der Waals surface area contributed by atoms with E-state index < -0.39 is 5.41 Å². The number of benzene rings is 2. The summed E-state index contributed by atoms with van der Waals surface area (Å²) in [6.07, 6.45) is 3.20. The van der Waals surface area contributed by atoms with Crippen LogP contribution < -0.4 is 5.32 Å². The number of fused-ring (bicyclic) bond motifs is 1. The average molecular weight is 295 g/mol. The lowest BCUT2D eigenvalue weighted by atomic mass is 9.95. The average Bonchev–Trinajstić information content (AvgIpc) is 3.20. The lowest BCUT2D eigenvalue weighted by Gasteiger charge is -2.16. The number of anilines is 1. The van der Waals surface area contributed by atoms with Crippen LogP contribution in [0.3, 0.4) is 0 Å². The number of halogens is 1. The van der Waals surface area contributed by atoms with Crippen molar-refractivity contribution in [3.8, 4) is 0 Å². The highest BCUT2D eigenvalue weighted by molar-refractivity contribution is 6.02. The molecule has 1 aliphatic rings. The maximum atomic E-state index is 13.1. The number of aromatic nitrogens is 2. The van der Waals surface area contributed by atoms with Crippen molar-refractivity contribution < 1.29 is 9.18 Å². The molecule has 0 saturated heterocycles. The standard InChI is InChI=1S/C17H14FN3O/c18-12-3-1-11(2-4-12)17(7-8-17)16(22)21-13-5-6-14-15(9-13)20-10-19-14/h1-6,9-10H,7-8H2,(H,19,20)(H,21,22). The third-order valence-corrected chi connectivity index (χ3v) is 4.26. The van der Waals surface area contributed by atoms with Crippen LogP contribution in [0, 0.1) is 5.82 Å². The normalized spacial score (nSPS) is 15.7. The monoisotopic (exact) mass is 295 g/mol. The van der Waals surface area contributed by atoms with E-state index in [0.29, 0.717) is 0 Å². The van der Waals surface area contributed by atoms with Gasteiger partial charge in [-0.1, -0.05) is 12.1 Å². The van der Waals surface area contributed by atoms with Gasteiger partial charge in [-0.3, -0.25) is 4.79 Å². The van der Waals surface area contributed by atoms with Gasteiger partial charge >= 0.3 is 0 Å². The van der Waals surface area contributed by atoms with Gasteiger partial charge in [-0.15, -0.1) is 0 Å². The van der Waals surface area contributed by atoms with Crippen molar-refractivity contribution >= 4 is 22.6 Å². The van der Waals surface area contributed by atoms with E-state index in [9.17, 15) is 9.18 Å². The van der Waals surface area contributed by atoms with Crippen molar-refractivity contribution in [2.75, 3.05) is 5.32 Å². The molecule has 2 aromatic carbocycles. The van der Waals surface area contributed by atoms with Crippen molar-refractivity contribution in [3.63, 3.8) is 0 Å². The van der Waals surface area contributed by atoms with Crippen molar-refractivity contribution in [1.29, 1.82) is 0 Å². The predicted octanol–water partition coefficient (Wildman–Crippen LogP) is 3.37. The Morgan fingerprint density at radius 2 is 1.95 bits per heavy atom. The zero-order valence-electron chi connectivity index (χ0n) is 11.8. The highest BCUT2D eigenvalue weighted by Gasteiger charge is 2.51. The Bertz CT molecular complexity index is 850. The van der Waals surface area contributed by atoms with Crippen LogP contribution in [0.25, 0.3) is 11.0 Å². The fourth-order valence-electron chi connectivity index (χ4n) is 2.80. The number of imidazole rings is 1. The molecule has 22 heavy (non-hydrogen) atoms. The van der Waals surface area contributed by atoms with E-state index in [-0.39, 0.29) is 11.7 Å². The molecule has 1 saturated carbocycles. The largest absolute Gasteiger partial charge is 0.345 e. The summed E-state index contributed by atoms with van der Waals surface area (Å²) >= 11 is 0. The minimum absolute atomic E-state index is 0.0435. The fourth-order valence-corrected chi connectivity index (χ4v) is 2.80. The van der Waals surface area contributed by atoms with Crippen molar-refractivity contribution in [1.82, 2.24) is 9.97 Å². The second-order valence-electron chi connectivity index (χ2n) is 5.68. The molecular weight excluding hydrogens is 281 g/mol. The van der Waals surface area contributed by atoms with Crippen molar-refractivity contribution in [2.45, 2.75) is 18.3 Å². The molecule has 0 atom stereocenters. The number of rotatable bonds is 3. The van der Waals surface area contributed by atoms with E-state index in [4.69, 9.17) is 0 Å². The van der Waals surface area contributed by atoms with E-state index in [1.54, 1.807) is 18.5 Å². The first-order valence-electron chi connectivity index (χ1n) is 7.18. The molecule has 5 heteroatoms. The Labute approximate surface area is 126 Å². The van der Waals surface area contributed by atoms with Gasteiger partial charge in [0.25, 0.3) is 0 Å². The number of nitrogens with zero attached hydrogens (tertiary/aromatic N) is 1. The molecule has 110 valence electrons. The number of hydrogen-bond donors (Lipinski definition) is 2. The van der Waals surface area contributed by atoms with Crippen LogP contribution in [0.15, 0.2) is 48.8 Å². The van der Waals surface area contributed by atoms with E-state index in [0.717, 1.165) is 35.1 Å². The SMILES string of the molecule is O=C(Nc1ccc2nc[nH]c2c1)C1(c2ccc(F)cc2)CC1. The number of carbonyl (C=O) groups excluding carboxylic acids is 1. The fraction of sp³-hybridized carbons (Fsp3) is 0.176. The smallest absolute Gasteiger partial charge is 0.235 e. The molecule has 0 unspecified atom stereocenters. The summed E-state index contributed by atoms with van der Waals surface area (Å²) in [6, 6.07) is 11.8. The summed E-state index contributed by atoms with van der Waals surface area (Å²) in [7, 11) is 0. The summed E-state index contributed by atoms with van der Waals surface area (Å²) in [6.45, 7) is 0. The lowest BCUT2D eigenvalue weighted by Crippen LogP contribution is -2.27. The quantitative estimate of drug-likeness (QED) is 0.778. The minimum atomic E-state index is -0.517. The van der Waals surface area contributed by atoms with E-state index >= 15 is 0 Å². The van der Waals surface area contributed by atoms with Crippen LogP contribution in [-0.2, 0) is 10.2 Å². The van der Waals surface area contributed by atoms with Crippen LogP contribution in [0.5, 0.6) is 0 Å². The maximum absolute atomic E-state index is 13.1. The maximum Gasteiger partial charge on any atom is 0.235 e. The first kappa shape index (κ1) is 13.0. The summed E-state index contributed by atoms with van der Waals surface area (Å²) in [5.41, 5.74) is 2.82. The number of carbonyl (C=O) groups is 1. The third-order valence-electron chi connectivity index (χ3n) is 4.26. The number of H-pyrrole nitrogens is 1. The number of aromatic amines is 1.